The second-order valence-electron chi connectivity index (χ2n) is 8.20. The monoisotopic (exact) mass is 399 g/mol. The summed E-state index contributed by atoms with van der Waals surface area (Å²) in [4.78, 5) is 19.0. The number of nitrogens with zero attached hydrogens (tertiary/aromatic N) is 2. The Labute approximate surface area is 173 Å². The first-order chi connectivity index (χ1) is 13.1. The number of aliphatic imine (C=N–C) groups is 1. The molecule has 3 N–H and O–H groups in total. The van der Waals surface area contributed by atoms with E-state index in [2.05, 4.69) is 53.5 Å². The van der Waals surface area contributed by atoms with Crippen LogP contribution in [0.15, 0.2) is 4.99 Å². The van der Waals surface area contributed by atoms with Crippen molar-refractivity contribution >= 4 is 12.1 Å². The second kappa shape index (κ2) is 13.6. The van der Waals surface area contributed by atoms with Crippen LogP contribution < -0.4 is 16.0 Å². The van der Waals surface area contributed by atoms with Crippen LogP contribution in [0.25, 0.3) is 0 Å². The quantitative estimate of drug-likeness (QED) is 0.266. The molecule has 0 saturated heterocycles. The van der Waals surface area contributed by atoms with Crippen LogP contribution in [-0.4, -0.2) is 67.9 Å². The number of alkyl carbamates (subject to hydrolysis) is 1. The molecule has 28 heavy (non-hydrogen) atoms. The van der Waals surface area contributed by atoms with Gasteiger partial charge < -0.3 is 25.6 Å². The number of carbonyl (C=O) groups is 1. The summed E-state index contributed by atoms with van der Waals surface area (Å²) in [5.74, 6) is 0.764. The predicted molar refractivity (Wildman–Crippen MR) is 119 cm³/mol. The molecular formula is C21H45N5O2. The lowest BCUT2D eigenvalue weighted by Crippen LogP contribution is -2.57. The molecule has 0 rings (SSSR count). The summed E-state index contributed by atoms with van der Waals surface area (Å²) >= 11 is 0. The summed E-state index contributed by atoms with van der Waals surface area (Å²) in [6.45, 7) is 19.0. The van der Waals surface area contributed by atoms with Gasteiger partial charge in [-0.2, -0.15) is 0 Å². The third kappa shape index (κ3) is 11.4. The average Bonchev–Trinajstić information content (AvgIpc) is 2.64. The van der Waals surface area contributed by atoms with Crippen molar-refractivity contribution in [3.05, 3.63) is 0 Å². The maximum absolute atomic E-state index is 12.2. The fourth-order valence-electron chi connectivity index (χ4n) is 2.92. The lowest BCUT2D eigenvalue weighted by Gasteiger charge is -2.34. The van der Waals surface area contributed by atoms with Crippen LogP contribution in [0.3, 0.4) is 0 Å². The third-order valence-corrected chi connectivity index (χ3v) is 5.03. The maximum atomic E-state index is 12.2. The van der Waals surface area contributed by atoms with Crippen molar-refractivity contribution in [2.75, 3.05) is 39.8 Å². The summed E-state index contributed by atoms with van der Waals surface area (Å²) in [7, 11) is 1.77. The highest BCUT2D eigenvalue weighted by Gasteiger charge is 2.30. The van der Waals surface area contributed by atoms with E-state index in [1.165, 1.54) is 6.42 Å². The number of ether oxygens (including phenoxy) is 1. The highest BCUT2D eigenvalue weighted by atomic mass is 16.6. The van der Waals surface area contributed by atoms with E-state index in [-0.39, 0.29) is 11.6 Å². The molecule has 0 aliphatic carbocycles. The lowest BCUT2D eigenvalue weighted by molar-refractivity contribution is 0.0448. The Morgan fingerprint density at radius 2 is 1.61 bits per heavy atom. The van der Waals surface area contributed by atoms with Crippen molar-refractivity contribution < 1.29 is 9.53 Å². The topological polar surface area (TPSA) is 78.0 Å². The van der Waals surface area contributed by atoms with Gasteiger partial charge in [0.15, 0.2) is 5.96 Å². The fourth-order valence-corrected chi connectivity index (χ4v) is 2.92. The number of amides is 1. The highest BCUT2D eigenvalue weighted by Crippen LogP contribution is 2.16. The molecule has 0 fully saturated rings. The van der Waals surface area contributed by atoms with Crippen molar-refractivity contribution in [1.29, 1.82) is 0 Å². The molecule has 0 spiro atoms. The minimum Gasteiger partial charge on any atom is -0.444 e. The Morgan fingerprint density at radius 1 is 1.00 bits per heavy atom. The van der Waals surface area contributed by atoms with Gasteiger partial charge in [-0.25, -0.2) is 4.79 Å². The van der Waals surface area contributed by atoms with Crippen LogP contribution in [0.5, 0.6) is 0 Å². The molecule has 0 aliphatic heterocycles. The minimum absolute atomic E-state index is 0.372. The third-order valence-electron chi connectivity index (χ3n) is 5.03. The van der Waals surface area contributed by atoms with Crippen molar-refractivity contribution in [1.82, 2.24) is 20.9 Å². The van der Waals surface area contributed by atoms with E-state index in [4.69, 9.17) is 4.74 Å². The summed E-state index contributed by atoms with van der Waals surface area (Å²) in [6, 6.07) is 0. The maximum Gasteiger partial charge on any atom is 0.408 e. The zero-order chi connectivity index (χ0) is 21.6. The van der Waals surface area contributed by atoms with Crippen molar-refractivity contribution in [3.8, 4) is 0 Å². The largest absolute Gasteiger partial charge is 0.444 e. The van der Waals surface area contributed by atoms with Crippen LogP contribution in [0.4, 0.5) is 4.79 Å². The van der Waals surface area contributed by atoms with E-state index >= 15 is 0 Å². The molecule has 7 heteroatoms. The normalized spacial score (nSPS) is 12.8. The molecule has 0 aromatic heterocycles. The van der Waals surface area contributed by atoms with Crippen LogP contribution in [0.2, 0.25) is 0 Å². The van der Waals surface area contributed by atoms with E-state index < -0.39 is 5.60 Å². The molecule has 0 bridgehead atoms. The highest BCUT2D eigenvalue weighted by molar-refractivity contribution is 5.79. The Hall–Kier alpha value is -1.50. The van der Waals surface area contributed by atoms with Crippen molar-refractivity contribution in [2.45, 2.75) is 85.3 Å². The molecular weight excluding hydrogens is 354 g/mol. The van der Waals surface area contributed by atoms with Crippen LogP contribution in [-0.2, 0) is 4.74 Å². The Kier molecular flexibility index (Phi) is 12.9. The van der Waals surface area contributed by atoms with Gasteiger partial charge in [0.1, 0.15) is 5.60 Å². The molecule has 0 unspecified atom stereocenters. The van der Waals surface area contributed by atoms with Gasteiger partial charge in [-0.15, -0.1) is 0 Å². The van der Waals surface area contributed by atoms with Gasteiger partial charge >= 0.3 is 6.09 Å². The second-order valence-corrected chi connectivity index (χ2v) is 8.20. The minimum atomic E-state index is -0.506. The van der Waals surface area contributed by atoms with E-state index in [0.717, 1.165) is 51.4 Å². The number of guanidine groups is 1. The zero-order valence-electron chi connectivity index (χ0n) is 19.6. The molecule has 0 radical (unpaired) electrons. The van der Waals surface area contributed by atoms with Crippen LogP contribution >= 0.6 is 0 Å². The van der Waals surface area contributed by atoms with E-state index in [0.29, 0.717) is 6.54 Å². The molecule has 0 saturated carbocycles. The number of rotatable bonds is 12. The first-order valence-electron chi connectivity index (χ1n) is 10.8. The molecule has 166 valence electrons. The van der Waals surface area contributed by atoms with Crippen molar-refractivity contribution in [3.63, 3.8) is 0 Å². The first kappa shape index (κ1) is 26.5. The molecule has 0 heterocycles. The number of hydrogen-bond acceptors (Lipinski definition) is 4. The summed E-state index contributed by atoms with van der Waals surface area (Å²) in [5, 5.41) is 9.78. The number of nitrogens with one attached hydrogen (secondary N) is 3. The molecule has 0 atom stereocenters. The summed E-state index contributed by atoms with van der Waals surface area (Å²) in [5.41, 5.74) is -0.879. The van der Waals surface area contributed by atoms with Crippen LogP contribution in [0, 0.1) is 0 Å². The van der Waals surface area contributed by atoms with Gasteiger partial charge in [-0.05, 0) is 66.1 Å². The fraction of sp³-hybridized carbons (Fsp3) is 0.905. The SMILES string of the molecule is CCN(CC)CCCCNC(=NC)NCC(CC)(CC)NC(=O)OC(C)(C)C. The van der Waals surface area contributed by atoms with Gasteiger partial charge in [-0.3, -0.25) is 4.99 Å². The zero-order valence-corrected chi connectivity index (χ0v) is 19.6. The lowest BCUT2D eigenvalue weighted by atomic mass is 9.93. The molecule has 0 aliphatic rings. The number of carbonyl (C=O) groups excluding carboxylic acids is 1. The first-order valence-corrected chi connectivity index (χ1v) is 10.8. The number of hydrogen-bond donors (Lipinski definition) is 3. The Bertz CT molecular complexity index is 452. The Balaban J connectivity index is 4.48. The van der Waals surface area contributed by atoms with E-state index in [1.807, 2.05) is 20.8 Å². The van der Waals surface area contributed by atoms with Gasteiger partial charge in [-0.1, -0.05) is 27.7 Å². The van der Waals surface area contributed by atoms with Gasteiger partial charge in [0.2, 0.25) is 0 Å². The summed E-state index contributed by atoms with van der Waals surface area (Å²) in [6.07, 6.45) is 3.49. The molecule has 1 amide bonds. The molecule has 0 aromatic rings. The Morgan fingerprint density at radius 3 is 2.07 bits per heavy atom. The summed E-state index contributed by atoms with van der Waals surface area (Å²) < 4.78 is 5.43. The molecule has 7 nitrogen and oxygen atoms in total. The van der Waals surface area contributed by atoms with E-state index in [1.54, 1.807) is 7.05 Å². The predicted octanol–water partition coefficient (Wildman–Crippen LogP) is 3.36. The number of unbranched alkanes of at least 4 members (excludes halogenated alkanes) is 1. The van der Waals surface area contributed by atoms with E-state index in [9.17, 15) is 4.79 Å². The van der Waals surface area contributed by atoms with Crippen LogP contribution in [0.1, 0.15) is 74.1 Å². The molecule has 0 aromatic carbocycles. The smallest absolute Gasteiger partial charge is 0.408 e. The van der Waals surface area contributed by atoms with Gasteiger partial charge in [0.25, 0.3) is 0 Å². The standard InChI is InChI=1S/C21H45N5O2/c1-9-21(10-2,25-19(27)28-20(5,6)7)17-24-18(22-8)23-15-13-14-16-26(11-3)12-4/h9-17H2,1-8H3,(H,25,27)(H2,22,23,24). The van der Waals surface area contributed by atoms with Crippen molar-refractivity contribution in [2.24, 2.45) is 4.99 Å². The van der Waals surface area contributed by atoms with Gasteiger partial charge in [0.05, 0.1) is 5.54 Å². The van der Waals surface area contributed by atoms with Gasteiger partial charge in [0, 0.05) is 20.1 Å². The average molecular weight is 400 g/mol.